The average molecular weight is 180 g/mol. The first-order chi connectivity index (χ1) is 5.27. The molecule has 0 radical (unpaired) electrons. The van der Waals surface area contributed by atoms with Crippen LogP contribution in [-0.4, -0.2) is 43.4 Å². The first kappa shape index (κ1) is 8.62. The van der Waals surface area contributed by atoms with Crippen molar-refractivity contribution in [2.24, 2.45) is 0 Å². The van der Waals surface area contributed by atoms with Gasteiger partial charge in [0.25, 0.3) is 0 Å². The second kappa shape index (κ2) is 3.78. The van der Waals surface area contributed by atoms with Gasteiger partial charge in [0, 0.05) is 7.11 Å². The zero-order valence-corrected chi connectivity index (χ0v) is 7.00. The molecule has 0 aromatic heterocycles. The Morgan fingerprint density at radius 3 is 3.09 bits per heavy atom. The Morgan fingerprint density at radius 1 is 1.91 bits per heavy atom. The lowest BCUT2D eigenvalue weighted by atomic mass is 10.4. The summed E-state index contributed by atoms with van der Waals surface area (Å²) in [5.74, 6) is 0.339. The van der Waals surface area contributed by atoms with Gasteiger partial charge in [-0.25, -0.2) is 4.79 Å². The van der Waals surface area contributed by atoms with Gasteiger partial charge in [0.1, 0.15) is 12.8 Å². The molecule has 0 saturated carbocycles. The Hall–Kier alpha value is -0.480. The van der Waals surface area contributed by atoms with Gasteiger partial charge in [0.05, 0.1) is 12.4 Å². The van der Waals surface area contributed by atoms with E-state index in [1.807, 2.05) is 0 Å². The second-order valence-corrected chi connectivity index (χ2v) is 2.61. The van der Waals surface area contributed by atoms with Crippen LogP contribution in [0.2, 0.25) is 0 Å². The minimum absolute atomic E-state index is 0.181. The van der Waals surface area contributed by atoms with Gasteiger partial charge in [0.15, 0.2) is 0 Å². The van der Waals surface area contributed by atoms with Crippen molar-refractivity contribution in [1.82, 2.24) is 4.90 Å². The third-order valence-corrected chi connectivity index (χ3v) is 1.75. The number of carbonyl (C=O) groups is 1. The molecular formula is C6H10ClNO3. The van der Waals surface area contributed by atoms with Gasteiger partial charge in [0.2, 0.25) is 0 Å². The van der Waals surface area contributed by atoms with Crippen molar-refractivity contribution < 1.29 is 14.3 Å². The second-order valence-electron chi connectivity index (χ2n) is 2.30. The minimum atomic E-state index is -0.350. The van der Waals surface area contributed by atoms with Crippen LogP contribution < -0.4 is 0 Å². The molecule has 0 aromatic rings. The van der Waals surface area contributed by atoms with E-state index in [0.717, 1.165) is 0 Å². The van der Waals surface area contributed by atoms with Crippen LogP contribution in [0.5, 0.6) is 0 Å². The number of ether oxygens (including phenoxy) is 2. The largest absolute Gasteiger partial charge is 0.443 e. The number of methoxy groups -OCH3 is 1. The molecule has 0 aromatic carbocycles. The predicted octanol–water partition coefficient (Wildman–Crippen LogP) is 0.650. The SMILES string of the molecule is COCN1CC(CCl)OC1=O. The Bertz CT molecular complexity index is 153. The molecule has 1 aliphatic heterocycles. The molecule has 0 bridgehead atoms. The van der Waals surface area contributed by atoms with E-state index in [-0.39, 0.29) is 18.9 Å². The lowest BCUT2D eigenvalue weighted by molar-refractivity contribution is 0.0852. The van der Waals surface area contributed by atoms with Crippen LogP contribution in [0.1, 0.15) is 0 Å². The summed E-state index contributed by atoms with van der Waals surface area (Å²) in [5, 5.41) is 0. The highest BCUT2D eigenvalue weighted by Crippen LogP contribution is 2.11. The number of rotatable bonds is 3. The van der Waals surface area contributed by atoms with E-state index in [9.17, 15) is 4.79 Å². The third-order valence-electron chi connectivity index (χ3n) is 1.41. The van der Waals surface area contributed by atoms with E-state index >= 15 is 0 Å². The van der Waals surface area contributed by atoms with Gasteiger partial charge in [-0.3, -0.25) is 4.90 Å². The Balaban J connectivity index is 2.38. The summed E-state index contributed by atoms with van der Waals surface area (Å²) in [6.45, 7) is 0.794. The highest BCUT2D eigenvalue weighted by Gasteiger charge is 2.29. The molecule has 1 heterocycles. The minimum Gasteiger partial charge on any atom is -0.443 e. The number of nitrogens with zero attached hydrogens (tertiary/aromatic N) is 1. The quantitative estimate of drug-likeness (QED) is 0.598. The molecule has 1 unspecified atom stereocenters. The van der Waals surface area contributed by atoms with Crippen LogP contribution in [-0.2, 0) is 9.47 Å². The third kappa shape index (κ3) is 1.97. The van der Waals surface area contributed by atoms with Crippen LogP contribution in [0, 0.1) is 0 Å². The summed E-state index contributed by atoms with van der Waals surface area (Å²) in [7, 11) is 1.53. The number of halogens is 1. The monoisotopic (exact) mass is 179 g/mol. The maximum Gasteiger partial charge on any atom is 0.412 e. The zero-order valence-electron chi connectivity index (χ0n) is 6.25. The Kier molecular flexibility index (Phi) is 2.96. The lowest BCUT2D eigenvalue weighted by Gasteiger charge is -2.09. The molecule has 1 atom stereocenters. The maximum absolute atomic E-state index is 10.9. The van der Waals surface area contributed by atoms with E-state index in [1.54, 1.807) is 0 Å². The van der Waals surface area contributed by atoms with Crippen molar-refractivity contribution in [3.05, 3.63) is 0 Å². The normalized spacial score (nSPS) is 24.0. The topological polar surface area (TPSA) is 38.8 Å². The zero-order chi connectivity index (χ0) is 8.27. The fourth-order valence-corrected chi connectivity index (χ4v) is 1.08. The Morgan fingerprint density at radius 2 is 2.64 bits per heavy atom. The van der Waals surface area contributed by atoms with Crippen molar-refractivity contribution >= 4 is 17.7 Å². The van der Waals surface area contributed by atoms with Gasteiger partial charge in [-0.2, -0.15) is 0 Å². The van der Waals surface area contributed by atoms with Crippen molar-refractivity contribution in [2.75, 3.05) is 26.3 Å². The summed E-state index contributed by atoms with van der Waals surface area (Å²) in [6.07, 6.45) is -0.531. The molecule has 11 heavy (non-hydrogen) atoms. The summed E-state index contributed by atoms with van der Waals surface area (Å²) in [6, 6.07) is 0. The molecular weight excluding hydrogens is 170 g/mol. The molecule has 1 saturated heterocycles. The van der Waals surface area contributed by atoms with Crippen LogP contribution in [0.4, 0.5) is 4.79 Å². The number of amides is 1. The highest BCUT2D eigenvalue weighted by molar-refractivity contribution is 6.18. The molecule has 1 aliphatic rings. The summed E-state index contributed by atoms with van der Waals surface area (Å²) in [5.41, 5.74) is 0. The number of hydrogen-bond donors (Lipinski definition) is 0. The van der Waals surface area contributed by atoms with Crippen molar-refractivity contribution in [3.63, 3.8) is 0 Å². The first-order valence-electron chi connectivity index (χ1n) is 3.28. The molecule has 0 aliphatic carbocycles. The van der Waals surface area contributed by atoms with E-state index < -0.39 is 0 Å². The fourth-order valence-electron chi connectivity index (χ4n) is 0.916. The van der Waals surface area contributed by atoms with E-state index in [4.69, 9.17) is 21.1 Å². The molecule has 1 amide bonds. The summed E-state index contributed by atoms with van der Waals surface area (Å²) in [4.78, 5) is 12.4. The molecule has 4 nitrogen and oxygen atoms in total. The maximum atomic E-state index is 10.9. The average Bonchev–Trinajstić information content (AvgIpc) is 2.33. The Labute approximate surface area is 70.0 Å². The predicted molar refractivity (Wildman–Crippen MR) is 39.6 cm³/mol. The fraction of sp³-hybridized carbons (Fsp3) is 0.833. The van der Waals surface area contributed by atoms with Crippen LogP contribution >= 0.6 is 11.6 Å². The summed E-state index contributed by atoms with van der Waals surface area (Å²) < 4.78 is 9.62. The van der Waals surface area contributed by atoms with E-state index in [0.29, 0.717) is 12.4 Å². The number of carbonyl (C=O) groups excluding carboxylic acids is 1. The highest BCUT2D eigenvalue weighted by atomic mass is 35.5. The van der Waals surface area contributed by atoms with Gasteiger partial charge in [-0.05, 0) is 0 Å². The van der Waals surface area contributed by atoms with E-state index in [2.05, 4.69) is 0 Å². The van der Waals surface area contributed by atoms with Gasteiger partial charge >= 0.3 is 6.09 Å². The molecule has 5 heteroatoms. The lowest BCUT2D eigenvalue weighted by Crippen LogP contribution is -2.27. The molecule has 1 fully saturated rings. The number of hydrogen-bond acceptors (Lipinski definition) is 3. The number of alkyl halides is 1. The smallest absolute Gasteiger partial charge is 0.412 e. The standard InChI is InChI=1S/C6H10ClNO3/c1-10-4-8-3-5(2-7)11-6(8)9/h5H,2-4H2,1H3. The molecule has 0 spiro atoms. The van der Waals surface area contributed by atoms with Crippen molar-refractivity contribution in [1.29, 1.82) is 0 Å². The van der Waals surface area contributed by atoms with Gasteiger partial charge < -0.3 is 9.47 Å². The molecule has 0 N–H and O–H groups in total. The summed E-state index contributed by atoms with van der Waals surface area (Å²) >= 11 is 5.49. The number of cyclic esters (lactones) is 1. The van der Waals surface area contributed by atoms with Crippen LogP contribution in [0.25, 0.3) is 0 Å². The van der Waals surface area contributed by atoms with Crippen LogP contribution in [0.15, 0.2) is 0 Å². The molecule has 1 rings (SSSR count). The first-order valence-corrected chi connectivity index (χ1v) is 3.82. The molecule has 64 valence electrons. The van der Waals surface area contributed by atoms with Crippen molar-refractivity contribution in [3.8, 4) is 0 Å². The van der Waals surface area contributed by atoms with Gasteiger partial charge in [-0.15, -0.1) is 11.6 Å². The van der Waals surface area contributed by atoms with Crippen molar-refractivity contribution in [2.45, 2.75) is 6.10 Å². The van der Waals surface area contributed by atoms with Crippen LogP contribution in [0.3, 0.4) is 0 Å². The van der Waals surface area contributed by atoms with Gasteiger partial charge in [-0.1, -0.05) is 0 Å². The van der Waals surface area contributed by atoms with E-state index in [1.165, 1.54) is 12.0 Å².